The zero-order valence-corrected chi connectivity index (χ0v) is 15.1. The molecule has 1 aromatic carbocycles. The van der Waals surface area contributed by atoms with Crippen LogP contribution in [0.25, 0.3) is 16.6 Å². The van der Waals surface area contributed by atoms with E-state index in [2.05, 4.69) is 16.5 Å². The van der Waals surface area contributed by atoms with Gasteiger partial charge in [0.05, 0.1) is 29.3 Å². The number of hydrogen-bond donors (Lipinski definition) is 2. The lowest BCUT2D eigenvalue weighted by atomic mass is 10.2. The molecule has 2 N–H and O–H groups in total. The summed E-state index contributed by atoms with van der Waals surface area (Å²) in [6.45, 7) is 8.52. The van der Waals surface area contributed by atoms with Crippen LogP contribution in [0.3, 0.4) is 0 Å². The van der Waals surface area contributed by atoms with Crippen LogP contribution < -0.4 is 0 Å². The zero-order chi connectivity index (χ0) is 18.0. The Morgan fingerprint density at radius 3 is 2.80 bits per heavy atom. The molecular weight excluding hydrogens is 316 g/mol. The zero-order valence-electron chi connectivity index (χ0n) is 15.1. The summed E-state index contributed by atoms with van der Waals surface area (Å²) in [5, 5.41) is 19.0. The third kappa shape index (κ3) is 3.39. The lowest BCUT2D eigenvalue weighted by Crippen LogP contribution is -2.29. The number of imidazole rings is 1. The Labute approximate surface area is 148 Å². The van der Waals surface area contributed by atoms with Gasteiger partial charge in [0.15, 0.2) is 0 Å². The van der Waals surface area contributed by atoms with Crippen LogP contribution in [0.4, 0.5) is 0 Å². The number of aliphatic hydroxyl groups excluding tert-OH is 1. The quantitative estimate of drug-likeness (QED) is 0.756. The molecule has 0 unspecified atom stereocenters. The van der Waals surface area contributed by atoms with Crippen molar-refractivity contribution in [3.8, 4) is 0 Å². The topological polar surface area (TPSA) is 74.4 Å². The Morgan fingerprint density at radius 2 is 2.08 bits per heavy atom. The maximum Gasteiger partial charge on any atom is 0.148 e. The maximum absolute atomic E-state index is 10.5. The maximum atomic E-state index is 10.5. The first-order valence-electron chi connectivity index (χ1n) is 8.86. The van der Waals surface area contributed by atoms with E-state index in [-0.39, 0.29) is 11.9 Å². The van der Waals surface area contributed by atoms with E-state index in [9.17, 15) is 5.11 Å². The summed E-state index contributed by atoms with van der Waals surface area (Å²) in [6.07, 6.45) is 1.04. The monoisotopic (exact) mass is 342 g/mol. The smallest absolute Gasteiger partial charge is 0.148 e. The molecule has 6 nitrogen and oxygen atoms in total. The number of rotatable bonds is 7. The second kappa shape index (κ2) is 7.27. The molecule has 2 aromatic rings. The SMILES string of the molecule is CCn1c(C2=C(O)CN(CCCOC(C)C)C2=N)nc2ccccc21. The van der Waals surface area contributed by atoms with Crippen molar-refractivity contribution in [1.29, 1.82) is 5.41 Å². The number of para-hydroxylation sites is 2. The molecule has 0 atom stereocenters. The van der Waals surface area contributed by atoms with Gasteiger partial charge in [-0.1, -0.05) is 12.1 Å². The first-order chi connectivity index (χ1) is 12.0. The Morgan fingerprint density at radius 1 is 1.32 bits per heavy atom. The molecule has 0 spiro atoms. The minimum atomic E-state index is 0.213. The van der Waals surface area contributed by atoms with Gasteiger partial charge in [-0.3, -0.25) is 5.41 Å². The first-order valence-corrected chi connectivity index (χ1v) is 8.86. The summed E-state index contributed by atoms with van der Waals surface area (Å²) in [7, 11) is 0. The number of fused-ring (bicyclic) bond motifs is 1. The van der Waals surface area contributed by atoms with Crippen molar-refractivity contribution in [2.45, 2.75) is 39.8 Å². The molecule has 3 rings (SSSR count). The summed E-state index contributed by atoms with van der Waals surface area (Å²) < 4.78 is 7.62. The standard InChI is InChI=1S/C19H26N4O2/c1-4-23-15-9-6-5-8-14(15)21-19(23)17-16(24)12-22(18(17)20)10-7-11-25-13(2)3/h5-6,8-9,13,20,24H,4,7,10-12H2,1-3H3. The first kappa shape index (κ1) is 17.5. The van der Waals surface area contributed by atoms with Gasteiger partial charge in [-0.2, -0.15) is 0 Å². The van der Waals surface area contributed by atoms with E-state index in [1.165, 1.54) is 0 Å². The molecule has 0 aliphatic carbocycles. The van der Waals surface area contributed by atoms with Crippen molar-refractivity contribution in [3.05, 3.63) is 35.8 Å². The molecule has 6 heteroatoms. The molecule has 0 saturated heterocycles. The van der Waals surface area contributed by atoms with Crippen LogP contribution in [0.1, 0.15) is 33.0 Å². The highest BCUT2D eigenvalue weighted by atomic mass is 16.5. The number of ether oxygens (including phenoxy) is 1. The highest BCUT2D eigenvalue weighted by molar-refractivity contribution is 6.23. The Hall–Kier alpha value is -2.34. The third-order valence-corrected chi connectivity index (χ3v) is 4.40. The van der Waals surface area contributed by atoms with Gasteiger partial charge in [-0.15, -0.1) is 0 Å². The fourth-order valence-corrected chi connectivity index (χ4v) is 3.22. The third-order valence-electron chi connectivity index (χ3n) is 4.40. The van der Waals surface area contributed by atoms with E-state index >= 15 is 0 Å². The van der Waals surface area contributed by atoms with Crippen LogP contribution in [-0.2, 0) is 11.3 Å². The molecule has 1 aliphatic heterocycles. The van der Waals surface area contributed by atoms with Crippen molar-refractivity contribution < 1.29 is 9.84 Å². The van der Waals surface area contributed by atoms with E-state index in [4.69, 9.17) is 10.1 Å². The van der Waals surface area contributed by atoms with Gasteiger partial charge in [0, 0.05) is 19.7 Å². The summed E-state index contributed by atoms with van der Waals surface area (Å²) >= 11 is 0. The fraction of sp³-hybridized carbons (Fsp3) is 0.474. The normalized spacial score (nSPS) is 15.2. The van der Waals surface area contributed by atoms with Gasteiger partial charge in [0.2, 0.25) is 0 Å². The molecular formula is C19H26N4O2. The minimum Gasteiger partial charge on any atom is -0.510 e. The van der Waals surface area contributed by atoms with E-state index in [1.54, 1.807) is 0 Å². The molecule has 1 aliphatic rings. The molecule has 134 valence electrons. The lowest BCUT2D eigenvalue weighted by molar-refractivity contribution is 0.0742. The molecule has 0 saturated carbocycles. The average Bonchev–Trinajstić information content (AvgIpc) is 3.08. The van der Waals surface area contributed by atoms with Gasteiger partial charge in [0.25, 0.3) is 0 Å². The molecule has 0 amide bonds. The van der Waals surface area contributed by atoms with Crippen LogP contribution in [0.2, 0.25) is 0 Å². The Bertz CT molecular complexity index is 807. The van der Waals surface area contributed by atoms with E-state index < -0.39 is 0 Å². The molecule has 0 radical (unpaired) electrons. The number of aromatic nitrogens is 2. The van der Waals surface area contributed by atoms with Crippen LogP contribution in [0, 0.1) is 5.41 Å². The predicted molar refractivity (Wildman–Crippen MR) is 100.0 cm³/mol. The van der Waals surface area contributed by atoms with E-state index in [1.807, 2.05) is 43.0 Å². The van der Waals surface area contributed by atoms with Crippen LogP contribution in [0.5, 0.6) is 0 Å². The van der Waals surface area contributed by atoms with E-state index in [0.29, 0.717) is 36.9 Å². The second-order valence-corrected chi connectivity index (χ2v) is 6.53. The number of aliphatic hydroxyl groups is 1. The summed E-state index contributed by atoms with van der Waals surface area (Å²) in [6, 6.07) is 7.91. The Balaban J connectivity index is 1.81. The second-order valence-electron chi connectivity index (χ2n) is 6.53. The van der Waals surface area contributed by atoms with Gasteiger partial charge in [0.1, 0.15) is 17.4 Å². The van der Waals surface area contributed by atoms with Crippen LogP contribution in [0.15, 0.2) is 30.0 Å². The number of benzene rings is 1. The minimum absolute atomic E-state index is 0.213. The number of aryl methyl sites for hydroxylation is 1. The van der Waals surface area contributed by atoms with Crippen LogP contribution in [-0.4, -0.2) is 51.2 Å². The molecule has 25 heavy (non-hydrogen) atoms. The highest BCUT2D eigenvalue weighted by Crippen LogP contribution is 2.29. The number of nitrogens with one attached hydrogen (secondary N) is 1. The summed E-state index contributed by atoms with van der Waals surface area (Å²) in [5.41, 5.74) is 2.45. The van der Waals surface area contributed by atoms with Crippen molar-refractivity contribution >= 4 is 22.4 Å². The van der Waals surface area contributed by atoms with Gasteiger partial charge in [-0.25, -0.2) is 4.98 Å². The Kier molecular flexibility index (Phi) is 5.08. The number of nitrogens with zero attached hydrogens (tertiary/aromatic N) is 3. The number of amidine groups is 1. The van der Waals surface area contributed by atoms with Gasteiger partial charge >= 0.3 is 0 Å². The molecule has 0 fully saturated rings. The lowest BCUT2D eigenvalue weighted by Gasteiger charge is -2.19. The molecule has 0 bridgehead atoms. The van der Waals surface area contributed by atoms with Crippen molar-refractivity contribution in [3.63, 3.8) is 0 Å². The predicted octanol–water partition coefficient (Wildman–Crippen LogP) is 3.43. The average molecular weight is 342 g/mol. The summed E-state index contributed by atoms with van der Waals surface area (Å²) in [5.74, 6) is 1.24. The van der Waals surface area contributed by atoms with Crippen LogP contribution >= 0.6 is 0 Å². The largest absolute Gasteiger partial charge is 0.510 e. The van der Waals surface area contributed by atoms with Crippen molar-refractivity contribution in [2.24, 2.45) is 0 Å². The molecule has 1 aromatic heterocycles. The van der Waals surface area contributed by atoms with Gasteiger partial charge in [-0.05, 0) is 39.3 Å². The highest BCUT2D eigenvalue weighted by Gasteiger charge is 2.31. The number of hydrogen-bond acceptors (Lipinski definition) is 4. The van der Waals surface area contributed by atoms with Crippen molar-refractivity contribution in [2.75, 3.05) is 19.7 Å². The summed E-state index contributed by atoms with van der Waals surface area (Å²) in [4.78, 5) is 6.56. The van der Waals surface area contributed by atoms with Crippen molar-refractivity contribution in [1.82, 2.24) is 14.5 Å². The van der Waals surface area contributed by atoms with E-state index in [0.717, 1.165) is 24.0 Å². The fourth-order valence-electron chi connectivity index (χ4n) is 3.22. The molecule has 2 heterocycles. The van der Waals surface area contributed by atoms with Gasteiger partial charge < -0.3 is 19.3 Å².